The molecule has 0 saturated heterocycles. The van der Waals surface area contributed by atoms with Gasteiger partial charge in [-0.05, 0) is 77.8 Å². The standard InChI is InChI=1S/C25H34N4O5S.C8H14.2C2H6/c1-18(30)11-14-26-12-8-13-27-24(31)21-15-22(17-23(16-21)29(3)35(4,33)34)25(32)28-19(2)20-9-6-5-7-10-20;1-4-5-6-7-8(2)3;2*1-2/h5-7,9-10,15-17,19,26H,8,11-14H2,1-4H3,(H,27,31)(H,28,32);4-5,7H,6H2,1-3H3;2*1-2H3/b;5-4-;;/t19-;;;/m1.../s1. The average Bonchev–Trinajstić information content (AvgIpc) is 3.05. The molecule has 0 heterocycles. The van der Waals surface area contributed by atoms with E-state index in [2.05, 4.69) is 48.0 Å². The molecular weight excluding hydrogens is 612 g/mol. The van der Waals surface area contributed by atoms with Crippen molar-refractivity contribution >= 4 is 33.3 Å². The van der Waals surface area contributed by atoms with Crippen LogP contribution in [0.25, 0.3) is 0 Å². The van der Waals surface area contributed by atoms with Crippen molar-refractivity contribution in [1.29, 1.82) is 0 Å². The number of allylic oxidation sites excluding steroid dienone is 4. The zero-order chi connectivity index (χ0) is 36.4. The summed E-state index contributed by atoms with van der Waals surface area (Å²) >= 11 is 0. The Morgan fingerprint density at radius 2 is 1.45 bits per heavy atom. The summed E-state index contributed by atoms with van der Waals surface area (Å²) in [5.74, 6) is -0.723. The molecule has 0 saturated carbocycles. The molecule has 2 rings (SSSR count). The molecule has 9 nitrogen and oxygen atoms in total. The summed E-state index contributed by atoms with van der Waals surface area (Å²) in [7, 11) is -2.24. The summed E-state index contributed by atoms with van der Waals surface area (Å²) in [4.78, 5) is 36.7. The van der Waals surface area contributed by atoms with Crippen LogP contribution in [-0.2, 0) is 14.8 Å². The van der Waals surface area contributed by atoms with Gasteiger partial charge in [-0.15, -0.1) is 0 Å². The monoisotopic (exact) mass is 672 g/mol. The molecule has 0 aliphatic carbocycles. The van der Waals surface area contributed by atoms with Crippen LogP contribution < -0.4 is 20.3 Å². The number of hydrogen-bond acceptors (Lipinski definition) is 6. The zero-order valence-electron chi connectivity index (χ0n) is 30.6. The molecule has 47 heavy (non-hydrogen) atoms. The van der Waals surface area contributed by atoms with Crippen LogP contribution in [-0.4, -0.2) is 59.0 Å². The van der Waals surface area contributed by atoms with Crippen molar-refractivity contribution in [1.82, 2.24) is 16.0 Å². The second-order valence-electron chi connectivity index (χ2n) is 10.5. The number of ketones is 1. The van der Waals surface area contributed by atoms with E-state index in [0.29, 0.717) is 32.5 Å². The maximum Gasteiger partial charge on any atom is 0.251 e. The van der Waals surface area contributed by atoms with Gasteiger partial charge in [0.25, 0.3) is 11.8 Å². The number of amides is 2. The third kappa shape index (κ3) is 20.9. The zero-order valence-corrected chi connectivity index (χ0v) is 31.4. The highest BCUT2D eigenvalue weighted by Gasteiger charge is 2.19. The second kappa shape index (κ2) is 26.3. The van der Waals surface area contributed by atoms with E-state index in [0.717, 1.165) is 22.5 Å². The molecule has 0 fully saturated rings. The lowest BCUT2D eigenvalue weighted by molar-refractivity contribution is -0.116. The Balaban J connectivity index is 0. The normalized spacial score (nSPS) is 10.9. The molecule has 0 aromatic heterocycles. The van der Waals surface area contributed by atoms with Gasteiger partial charge in [0.2, 0.25) is 10.0 Å². The van der Waals surface area contributed by atoms with Gasteiger partial charge in [0.15, 0.2) is 0 Å². The minimum atomic E-state index is -3.61. The first-order valence-electron chi connectivity index (χ1n) is 16.4. The number of hydrogen-bond donors (Lipinski definition) is 3. The molecule has 2 aromatic carbocycles. The third-order valence-electron chi connectivity index (χ3n) is 6.32. The molecule has 0 aliphatic heterocycles. The molecule has 0 unspecified atom stereocenters. The number of Topliss-reactive ketones (excluding diaryl/α,β-unsaturated/α-hetero) is 1. The first kappa shape index (κ1) is 45.4. The summed E-state index contributed by atoms with van der Waals surface area (Å²) < 4.78 is 25.2. The number of carbonyl (C=O) groups is 3. The highest BCUT2D eigenvalue weighted by molar-refractivity contribution is 7.92. The Morgan fingerprint density at radius 3 is 1.96 bits per heavy atom. The average molecular weight is 673 g/mol. The van der Waals surface area contributed by atoms with Crippen molar-refractivity contribution in [2.75, 3.05) is 37.2 Å². The van der Waals surface area contributed by atoms with Gasteiger partial charge in [-0.2, -0.15) is 0 Å². The van der Waals surface area contributed by atoms with Crippen LogP contribution in [0.15, 0.2) is 72.3 Å². The van der Waals surface area contributed by atoms with Gasteiger partial charge < -0.3 is 16.0 Å². The third-order valence-corrected chi connectivity index (χ3v) is 7.52. The lowest BCUT2D eigenvalue weighted by atomic mass is 10.1. The molecule has 1 atom stereocenters. The fourth-order valence-corrected chi connectivity index (χ4v) is 4.19. The summed E-state index contributed by atoms with van der Waals surface area (Å²) in [5.41, 5.74) is 2.88. The van der Waals surface area contributed by atoms with Crippen molar-refractivity contribution in [2.24, 2.45) is 0 Å². The summed E-state index contributed by atoms with van der Waals surface area (Å²) in [6.45, 7) is 19.3. The van der Waals surface area contributed by atoms with Crippen molar-refractivity contribution in [3.05, 3.63) is 89.0 Å². The predicted octanol–water partition coefficient (Wildman–Crippen LogP) is 7.23. The maximum atomic E-state index is 13.0. The van der Waals surface area contributed by atoms with Crippen LogP contribution in [0, 0.1) is 0 Å². The van der Waals surface area contributed by atoms with Crippen LogP contribution in [0.1, 0.15) is 114 Å². The Kier molecular flexibility index (Phi) is 25.4. The smallest absolute Gasteiger partial charge is 0.251 e. The molecule has 0 bridgehead atoms. The maximum absolute atomic E-state index is 13.0. The van der Waals surface area contributed by atoms with E-state index in [1.165, 1.54) is 37.7 Å². The number of carbonyl (C=O) groups excluding carboxylic acids is 3. The number of sulfonamides is 1. The van der Waals surface area contributed by atoms with E-state index in [9.17, 15) is 22.8 Å². The number of nitrogens with zero attached hydrogens (tertiary/aromatic N) is 1. The topological polar surface area (TPSA) is 125 Å². The summed E-state index contributed by atoms with van der Waals surface area (Å²) in [6.07, 6.45) is 9.66. The second-order valence-corrected chi connectivity index (χ2v) is 12.5. The van der Waals surface area contributed by atoms with Gasteiger partial charge >= 0.3 is 0 Å². The van der Waals surface area contributed by atoms with Gasteiger partial charge in [0.05, 0.1) is 18.0 Å². The van der Waals surface area contributed by atoms with Gasteiger partial charge in [-0.3, -0.25) is 18.7 Å². The number of benzene rings is 2. The SMILES string of the molecule is C/C=C\CC=C(C)C.CC.CC.CC(=O)CCNCCCNC(=O)c1cc(C(=O)N[C@H](C)c2ccccc2)cc(N(C)S(C)(=O)=O)c1. The Hall–Kier alpha value is -3.76. The van der Waals surface area contributed by atoms with Gasteiger partial charge in [-0.25, -0.2) is 8.42 Å². The van der Waals surface area contributed by atoms with E-state index >= 15 is 0 Å². The molecule has 264 valence electrons. The summed E-state index contributed by atoms with van der Waals surface area (Å²) in [6, 6.07) is 13.5. The van der Waals surface area contributed by atoms with Crippen LogP contribution in [0.3, 0.4) is 0 Å². The minimum Gasteiger partial charge on any atom is -0.352 e. The van der Waals surface area contributed by atoms with Crippen LogP contribution in [0.2, 0.25) is 0 Å². The van der Waals surface area contributed by atoms with E-state index in [1.807, 2.05) is 71.9 Å². The van der Waals surface area contributed by atoms with Crippen molar-refractivity contribution < 1.29 is 22.8 Å². The molecule has 3 N–H and O–H groups in total. The van der Waals surface area contributed by atoms with Crippen LogP contribution in [0.4, 0.5) is 5.69 Å². The molecule has 0 spiro atoms. The first-order chi connectivity index (χ1) is 22.3. The fraction of sp³-hybridized carbons (Fsp3) is 0.486. The number of rotatable bonds is 15. The van der Waals surface area contributed by atoms with Crippen molar-refractivity contribution in [3.63, 3.8) is 0 Å². The largest absolute Gasteiger partial charge is 0.352 e. The van der Waals surface area contributed by atoms with Crippen molar-refractivity contribution in [3.8, 4) is 0 Å². The lowest BCUT2D eigenvalue weighted by Crippen LogP contribution is -2.30. The molecule has 0 radical (unpaired) electrons. The van der Waals surface area contributed by atoms with Crippen molar-refractivity contribution in [2.45, 2.75) is 87.6 Å². The van der Waals surface area contributed by atoms with Gasteiger partial charge in [0.1, 0.15) is 5.78 Å². The Labute approximate surface area is 285 Å². The predicted molar refractivity (Wildman–Crippen MR) is 199 cm³/mol. The van der Waals surface area contributed by atoms with E-state index in [4.69, 9.17) is 0 Å². The van der Waals surface area contributed by atoms with Gasteiger partial charge in [-0.1, -0.05) is 81.8 Å². The highest BCUT2D eigenvalue weighted by atomic mass is 32.2. The van der Waals surface area contributed by atoms with Gasteiger partial charge in [0, 0.05) is 37.7 Å². The summed E-state index contributed by atoms with van der Waals surface area (Å²) in [5, 5.41) is 8.81. The first-order valence-corrected chi connectivity index (χ1v) is 18.3. The molecule has 0 aliphatic rings. The minimum absolute atomic E-state index is 0.114. The lowest BCUT2D eigenvalue weighted by Gasteiger charge is -2.20. The molecule has 2 aromatic rings. The number of anilines is 1. The molecule has 10 heteroatoms. The quantitative estimate of drug-likeness (QED) is 0.135. The fourth-order valence-electron chi connectivity index (χ4n) is 3.70. The molecule has 2 amide bonds. The molecular formula is C37H60N4O5S. The van der Waals surface area contributed by atoms with Crippen LogP contribution >= 0.6 is 0 Å². The van der Waals surface area contributed by atoms with E-state index in [1.54, 1.807) is 0 Å². The Morgan fingerprint density at radius 1 is 0.872 bits per heavy atom. The van der Waals surface area contributed by atoms with E-state index < -0.39 is 21.8 Å². The Bertz CT molecular complexity index is 1350. The van der Waals surface area contributed by atoms with Crippen LogP contribution in [0.5, 0.6) is 0 Å². The number of nitrogens with one attached hydrogen (secondary N) is 3. The van der Waals surface area contributed by atoms with E-state index in [-0.39, 0.29) is 28.6 Å². The highest BCUT2D eigenvalue weighted by Crippen LogP contribution is 2.22.